The maximum Gasteiger partial charge on any atom is 0.408 e. The zero-order valence-electron chi connectivity index (χ0n) is 13.9. The highest BCUT2D eigenvalue weighted by atomic mass is 19.4. The number of alkyl halides is 3. The molecule has 0 spiro atoms. The van der Waals surface area contributed by atoms with Crippen LogP contribution in [0.2, 0.25) is 0 Å². The standard InChI is InChI=1S/C14H24F3N3O3/c1-10(18-12(22)23-13(2,3)4)11(21)20-7-5-19(6-8-20)9-14(15,16)17/h10H,5-9H2,1-4H3,(H,18,22)/t10-/m0/s1. The SMILES string of the molecule is C[C@H](NC(=O)OC(C)(C)C)C(=O)N1CCN(CC(F)(F)F)CC1. The lowest BCUT2D eigenvalue weighted by molar-refractivity contribution is -0.152. The molecule has 1 heterocycles. The maximum atomic E-state index is 12.3. The minimum Gasteiger partial charge on any atom is -0.444 e. The first-order valence-corrected chi connectivity index (χ1v) is 7.45. The molecule has 23 heavy (non-hydrogen) atoms. The van der Waals surface area contributed by atoms with Crippen molar-refractivity contribution in [2.45, 2.75) is 45.5 Å². The van der Waals surface area contributed by atoms with Gasteiger partial charge >= 0.3 is 12.3 Å². The molecule has 0 saturated carbocycles. The highest BCUT2D eigenvalue weighted by molar-refractivity contribution is 5.85. The van der Waals surface area contributed by atoms with E-state index in [-0.39, 0.29) is 32.1 Å². The Morgan fingerprint density at radius 1 is 1.13 bits per heavy atom. The average molecular weight is 339 g/mol. The number of piperazine rings is 1. The lowest BCUT2D eigenvalue weighted by atomic mass is 10.2. The Balaban J connectivity index is 2.42. The Kier molecular flexibility index (Phi) is 6.26. The van der Waals surface area contributed by atoms with Crippen molar-refractivity contribution < 1.29 is 27.5 Å². The predicted octanol–water partition coefficient (Wildman–Crippen LogP) is 1.61. The number of rotatable bonds is 3. The fourth-order valence-corrected chi connectivity index (χ4v) is 2.20. The number of carbonyl (C=O) groups excluding carboxylic acids is 2. The van der Waals surface area contributed by atoms with Crippen LogP contribution in [0.5, 0.6) is 0 Å². The summed E-state index contributed by atoms with van der Waals surface area (Å²) in [5.41, 5.74) is -0.671. The third-order valence-corrected chi connectivity index (χ3v) is 3.19. The number of hydrogen-bond acceptors (Lipinski definition) is 4. The number of carbonyl (C=O) groups is 2. The summed E-state index contributed by atoms with van der Waals surface area (Å²) in [5.74, 6) is -0.331. The molecule has 6 nitrogen and oxygen atoms in total. The lowest BCUT2D eigenvalue weighted by Crippen LogP contribution is -2.55. The van der Waals surface area contributed by atoms with Gasteiger partial charge < -0.3 is 15.0 Å². The molecule has 1 aliphatic rings. The van der Waals surface area contributed by atoms with Crippen molar-refractivity contribution in [3.05, 3.63) is 0 Å². The lowest BCUT2D eigenvalue weighted by Gasteiger charge is -2.36. The van der Waals surface area contributed by atoms with Gasteiger partial charge in [0, 0.05) is 26.2 Å². The van der Waals surface area contributed by atoms with Gasteiger partial charge in [-0.1, -0.05) is 0 Å². The molecule has 0 aromatic rings. The third-order valence-electron chi connectivity index (χ3n) is 3.19. The molecule has 0 unspecified atom stereocenters. The molecule has 134 valence electrons. The highest BCUT2D eigenvalue weighted by Crippen LogP contribution is 2.17. The molecule has 1 aliphatic heterocycles. The summed E-state index contributed by atoms with van der Waals surface area (Å²) in [7, 11) is 0. The molecular weight excluding hydrogens is 315 g/mol. The Labute approximate surface area is 133 Å². The highest BCUT2D eigenvalue weighted by Gasteiger charge is 2.33. The number of ether oxygens (including phenoxy) is 1. The number of alkyl carbamates (subject to hydrolysis) is 1. The van der Waals surface area contributed by atoms with Gasteiger partial charge in [0.15, 0.2) is 0 Å². The molecule has 9 heteroatoms. The van der Waals surface area contributed by atoms with Crippen molar-refractivity contribution in [1.82, 2.24) is 15.1 Å². The summed E-state index contributed by atoms with van der Waals surface area (Å²) in [5, 5.41) is 2.44. The molecule has 0 aromatic heterocycles. The smallest absolute Gasteiger partial charge is 0.408 e. The van der Waals surface area contributed by atoms with E-state index in [1.165, 1.54) is 16.7 Å². The molecule has 0 radical (unpaired) electrons. The summed E-state index contributed by atoms with van der Waals surface area (Å²) >= 11 is 0. The monoisotopic (exact) mass is 339 g/mol. The van der Waals surface area contributed by atoms with Crippen LogP contribution in [-0.4, -0.2) is 72.3 Å². The third kappa shape index (κ3) is 7.54. The minimum absolute atomic E-state index is 0.157. The summed E-state index contributed by atoms with van der Waals surface area (Å²) in [4.78, 5) is 26.5. The van der Waals surface area contributed by atoms with Gasteiger partial charge in [-0.15, -0.1) is 0 Å². The van der Waals surface area contributed by atoms with E-state index in [0.29, 0.717) is 0 Å². The molecule has 0 bridgehead atoms. The van der Waals surface area contributed by atoms with E-state index in [2.05, 4.69) is 5.32 Å². The molecule has 1 fully saturated rings. The molecule has 1 rings (SSSR count). The van der Waals surface area contributed by atoms with Crippen molar-refractivity contribution in [3.63, 3.8) is 0 Å². The van der Waals surface area contributed by atoms with Gasteiger partial charge in [-0.3, -0.25) is 9.69 Å². The molecule has 0 aliphatic carbocycles. The molecule has 0 aromatic carbocycles. The van der Waals surface area contributed by atoms with Crippen molar-refractivity contribution in [1.29, 1.82) is 0 Å². The van der Waals surface area contributed by atoms with E-state index in [1.54, 1.807) is 20.8 Å². The average Bonchev–Trinajstić information content (AvgIpc) is 2.34. The number of amides is 2. The number of hydrogen-bond donors (Lipinski definition) is 1. The summed E-state index contributed by atoms with van der Waals surface area (Å²) in [6.45, 7) is 6.39. The van der Waals surface area contributed by atoms with E-state index < -0.39 is 30.5 Å². The molecule has 1 saturated heterocycles. The van der Waals surface area contributed by atoms with E-state index in [0.717, 1.165) is 0 Å². The van der Waals surface area contributed by atoms with E-state index in [9.17, 15) is 22.8 Å². The van der Waals surface area contributed by atoms with Crippen LogP contribution >= 0.6 is 0 Å². The molecule has 1 N–H and O–H groups in total. The Morgan fingerprint density at radius 2 is 1.65 bits per heavy atom. The number of nitrogens with zero attached hydrogens (tertiary/aromatic N) is 2. The van der Waals surface area contributed by atoms with Crippen molar-refractivity contribution in [2.75, 3.05) is 32.7 Å². The quantitative estimate of drug-likeness (QED) is 0.849. The predicted molar refractivity (Wildman–Crippen MR) is 77.9 cm³/mol. The fraction of sp³-hybridized carbons (Fsp3) is 0.857. The zero-order chi connectivity index (χ0) is 17.8. The minimum atomic E-state index is -4.24. The van der Waals surface area contributed by atoms with Gasteiger partial charge in [-0.05, 0) is 27.7 Å². The van der Waals surface area contributed by atoms with Gasteiger partial charge in [0.1, 0.15) is 11.6 Å². The fourth-order valence-electron chi connectivity index (χ4n) is 2.20. The number of nitrogens with one attached hydrogen (secondary N) is 1. The van der Waals surface area contributed by atoms with Gasteiger partial charge in [0.05, 0.1) is 6.54 Å². The van der Waals surface area contributed by atoms with Crippen molar-refractivity contribution >= 4 is 12.0 Å². The van der Waals surface area contributed by atoms with E-state index in [1.807, 2.05) is 0 Å². The van der Waals surface area contributed by atoms with Gasteiger partial charge in [0.2, 0.25) is 5.91 Å². The second-order valence-electron chi connectivity index (χ2n) is 6.58. The van der Waals surface area contributed by atoms with Gasteiger partial charge in [-0.2, -0.15) is 13.2 Å². The molecular formula is C14H24F3N3O3. The van der Waals surface area contributed by atoms with Crippen molar-refractivity contribution in [3.8, 4) is 0 Å². The van der Waals surface area contributed by atoms with E-state index >= 15 is 0 Å². The first-order valence-electron chi connectivity index (χ1n) is 7.45. The summed E-state index contributed by atoms with van der Waals surface area (Å²) < 4.78 is 42.0. The molecule has 2 amide bonds. The first kappa shape index (κ1) is 19.5. The Morgan fingerprint density at radius 3 is 2.09 bits per heavy atom. The Hall–Kier alpha value is -1.51. The van der Waals surface area contributed by atoms with Crippen LogP contribution < -0.4 is 5.32 Å². The maximum absolute atomic E-state index is 12.3. The zero-order valence-corrected chi connectivity index (χ0v) is 13.9. The number of halogens is 3. The van der Waals surface area contributed by atoms with Crippen LogP contribution in [0.15, 0.2) is 0 Å². The van der Waals surface area contributed by atoms with Crippen LogP contribution in [0.4, 0.5) is 18.0 Å². The summed E-state index contributed by atoms with van der Waals surface area (Å²) in [6, 6.07) is -0.793. The second kappa shape index (κ2) is 7.37. The largest absolute Gasteiger partial charge is 0.444 e. The van der Waals surface area contributed by atoms with Crippen LogP contribution in [0, 0.1) is 0 Å². The normalized spacial score (nSPS) is 18.5. The van der Waals surface area contributed by atoms with Crippen LogP contribution in [0.25, 0.3) is 0 Å². The molecule has 1 atom stereocenters. The van der Waals surface area contributed by atoms with Gasteiger partial charge in [-0.25, -0.2) is 4.79 Å². The van der Waals surface area contributed by atoms with Crippen LogP contribution in [-0.2, 0) is 9.53 Å². The van der Waals surface area contributed by atoms with Crippen molar-refractivity contribution in [2.24, 2.45) is 0 Å². The first-order chi connectivity index (χ1) is 10.4. The Bertz CT molecular complexity index is 427. The summed E-state index contributed by atoms with van der Waals surface area (Å²) in [6.07, 6.45) is -4.94. The van der Waals surface area contributed by atoms with Gasteiger partial charge in [0.25, 0.3) is 0 Å². The van der Waals surface area contributed by atoms with E-state index in [4.69, 9.17) is 4.74 Å². The van der Waals surface area contributed by atoms with Crippen LogP contribution in [0.1, 0.15) is 27.7 Å². The second-order valence-corrected chi connectivity index (χ2v) is 6.58. The topological polar surface area (TPSA) is 61.9 Å². The van der Waals surface area contributed by atoms with Crippen LogP contribution in [0.3, 0.4) is 0 Å².